The number of carbonyl (C=O) groups is 3. The molecule has 4 rings (SSSR count). The molecule has 1 aromatic heterocycles. The fraction of sp³-hybridized carbons (Fsp3) is 0.474. The smallest absolute Gasteiger partial charge is 0.344 e. The highest BCUT2D eigenvalue weighted by Gasteiger charge is 2.52. The Labute approximate surface area is 182 Å². The third-order valence-electron chi connectivity index (χ3n) is 5.61. The Hall–Kier alpha value is -3.15. The van der Waals surface area contributed by atoms with Crippen molar-refractivity contribution in [1.82, 2.24) is 36.0 Å². The maximum atomic E-state index is 12.8. The number of rotatable bonds is 6. The number of urea groups is 1. The Morgan fingerprint density at radius 1 is 1.32 bits per heavy atom. The minimum absolute atomic E-state index is 0.0867. The number of hydrazine groups is 1. The number of hydrogen-bond acceptors (Lipinski definition) is 8. The number of nitrogens with zero attached hydrogens (tertiary/aromatic N) is 5. The molecule has 1 spiro atoms. The van der Waals surface area contributed by atoms with E-state index < -0.39 is 23.4 Å². The summed E-state index contributed by atoms with van der Waals surface area (Å²) < 4.78 is 6.79. The maximum Gasteiger partial charge on any atom is 0.344 e. The monoisotopic (exact) mass is 445 g/mol. The molecule has 2 N–H and O–H groups in total. The Morgan fingerprint density at radius 3 is 2.81 bits per heavy atom. The molecule has 1 aliphatic heterocycles. The van der Waals surface area contributed by atoms with Gasteiger partial charge in [0.1, 0.15) is 17.0 Å². The van der Waals surface area contributed by atoms with Gasteiger partial charge in [0.15, 0.2) is 0 Å². The summed E-state index contributed by atoms with van der Waals surface area (Å²) >= 11 is 1.08. The minimum atomic E-state index is -0.905. The number of thioether (sulfide) groups is 1. The van der Waals surface area contributed by atoms with Gasteiger partial charge in [0.2, 0.25) is 11.1 Å². The number of imide groups is 1. The summed E-state index contributed by atoms with van der Waals surface area (Å²) in [5, 5.41) is 15.5. The number of amides is 4. The third-order valence-corrected chi connectivity index (χ3v) is 6.53. The summed E-state index contributed by atoms with van der Waals surface area (Å²) in [7, 11) is 1.54. The SMILES string of the molecule is COc1ccccc1-n1nnnc1SCC(=O)NN1C(=O)NC2(CCC(C)CC2)C1=O. The predicted octanol–water partition coefficient (Wildman–Crippen LogP) is 1.29. The largest absolute Gasteiger partial charge is 0.494 e. The third kappa shape index (κ3) is 4.07. The van der Waals surface area contributed by atoms with Crippen molar-refractivity contribution in [2.45, 2.75) is 43.3 Å². The number of nitrogens with one attached hydrogen (secondary N) is 2. The molecule has 1 aromatic carbocycles. The van der Waals surface area contributed by atoms with Crippen molar-refractivity contribution < 1.29 is 19.1 Å². The highest BCUT2D eigenvalue weighted by molar-refractivity contribution is 7.99. The van der Waals surface area contributed by atoms with Crippen molar-refractivity contribution >= 4 is 29.6 Å². The van der Waals surface area contributed by atoms with Gasteiger partial charge >= 0.3 is 6.03 Å². The quantitative estimate of drug-likeness (QED) is 0.502. The van der Waals surface area contributed by atoms with Crippen LogP contribution in [0.1, 0.15) is 32.6 Å². The number of carbonyl (C=O) groups excluding carboxylic acids is 3. The molecule has 2 aliphatic rings. The molecule has 164 valence electrons. The van der Waals surface area contributed by atoms with Gasteiger partial charge in [-0.05, 0) is 54.2 Å². The van der Waals surface area contributed by atoms with Crippen molar-refractivity contribution in [3.63, 3.8) is 0 Å². The molecule has 1 saturated carbocycles. The van der Waals surface area contributed by atoms with Crippen LogP contribution in [-0.2, 0) is 9.59 Å². The van der Waals surface area contributed by atoms with Crippen LogP contribution in [0.5, 0.6) is 5.75 Å². The average molecular weight is 446 g/mol. The second kappa shape index (κ2) is 8.53. The molecule has 0 atom stereocenters. The summed E-state index contributed by atoms with van der Waals surface area (Å²) in [6, 6.07) is 6.61. The first-order chi connectivity index (χ1) is 14.9. The van der Waals surface area contributed by atoms with E-state index in [0.717, 1.165) is 29.6 Å². The molecule has 2 heterocycles. The summed E-state index contributed by atoms with van der Waals surface area (Å²) in [5.74, 6) is 0.0967. The molecule has 0 bridgehead atoms. The second-order valence-electron chi connectivity index (χ2n) is 7.70. The van der Waals surface area contributed by atoms with Crippen molar-refractivity contribution in [3.8, 4) is 11.4 Å². The number of hydrogen-bond donors (Lipinski definition) is 2. The molecule has 4 amide bonds. The maximum absolute atomic E-state index is 12.8. The van der Waals surface area contributed by atoms with Gasteiger partial charge < -0.3 is 10.1 Å². The van der Waals surface area contributed by atoms with Gasteiger partial charge in [-0.25, -0.2) is 4.79 Å². The van der Waals surface area contributed by atoms with Crippen molar-refractivity contribution in [2.24, 2.45) is 5.92 Å². The molecular weight excluding hydrogens is 422 g/mol. The van der Waals surface area contributed by atoms with Gasteiger partial charge in [0, 0.05) is 0 Å². The fourth-order valence-corrected chi connectivity index (χ4v) is 4.50. The van der Waals surface area contributed by atoms with E-state index in [9.17, 15) is 14.4 Å². The van der Waals surface area contributed by atoms with E-state index in [1.54, 1.807) is 19.2 Å². The Kier molecular flexibility index (Phi) is 5.81. The van der Waals surface area contributed by atoms with Gasteiger partial charge in [-0.2, -0.15) is 9.69 Å². The highest BCUT2D eigenvalue weighted by atomic mass is 32.2. The van der Waals surface area contributed by atoms with E-state index in [0.29, 0.717) is 35.4 Å². The zero-order valence-corrected chi connectivity index (χ0v) is 18.0. The van der Waals surface area contributed by atoms with Gasteiger partial charge in [-0.1, -0.05) is 30.8 Å². The number of methoxy groups -OCH3 is 1. The molecule has 1 saturated heterocycles. The standard InChI is InChI=1S/C19H23N7O4S/c1-12-7-9-19(10-8-12)16(28)26(17(29)20-19)22-15(27)11-31-18-21-23-24-25(18)13-5-3-4-6-14(13)30-2/h3-6,12H,7-11H2,1-2H3,(H,20,29)(H,22,27). The van der Waals surface area contributed by atoms with Gasteiger partial charge in [0.05, 0.1) is 12.9 Å². The van der Waals surface area contributed by atoms with Crippen LogP contribution in [0.3, 0.4) is 0 Å². The van der Waals surface area contributed by atoms with E-state index in [-0.39, 0.29) is 5.75 Å². The molecule has 31 heavy (non-hydrogen) atoms. The summed E-state index contributed by atoms with van der Waals surface area (Å²) in [5.41, 5.74) is 2.14. The van der Waals surface area contributed by atoms with Gasteiger partial charge in [0.25, 0.3) is 5.91 Å². The van der Waals surface area contributed by atoms with Crippen LogP contribution in [0.2, 0.25) is 0 Å². The summed E-state index contributed by atoms with van der Waals surface area (Å²) in [6.07, 6.45) is 2.87. The van der Waals surface area contributed by atoms with Crippen molar-refractivity contribution in [3.05, 3.63) is 24.3 Å². The molecule has 11 nitrogen and oxygen atoms in total. The molecule has 0 unspecified atom stereocenters. The van der Waals surface area contributed by atoms with Gasteiger partial charge in [-0.3, -0.25) is 15.0 Å². The Morgan fingerprint density at radius 2 is 2.06 bits per heavy atom. The minimum Gasteiger partial charge on any atom is -0.494 e. The van der Waals surface area contributed by atoms with E-state index in [1.165, 1.54) is 4.68 Å². The molecule has 12 heteroatoms. The average Bonchev–Trinajstić information content (AvgIpc) is 3.33. The second-order valence-corrected chi connectivity index (χ2v) is 8.65. The first-order valence-corrected chi connectivity index (χ1v) is 10.9. The van der Waals surface area contributed by atoms with Crippen LogP contribution in [0, 0.1) is 5.92 Å². The Bertz CT molecular complexity index is 1000. The van der Waals surface area contributed by atoms with E-state index in [1.807, 2.05) is 12.1 Å². The fourth-order valence-electron chi connectivity index (χ4n) is 3.83. The lowest BCUT2D eigenvalue weighted by Crippen LogP contribution is -2.51. The van der Waals surface area contributed by atoms with Crippen molar-refractivity contribution in [1.29, 1.82) is 0 Å². The van der Waals surface area contributed by atoms with Crippen LogP contribution in [0.25, 0.3) is 5.69 Å². The van der Waals surface area contributed by atoms with Crippen molar-refractivity contribution in [2.75, 3.05) is 12.9 Å². The number of aromatic nitrogens is 4. The number of para-hydroxylation sites is 2. The lowest BCUT2D eigenvalue weighted by Gasteiger charge is -2.33. The first-order valence-electron chi connectivity index (χ1n) is 9.94. The molecule has 0 radical (unpaired) electrons. The Balaban J connectivity index is 1.39. The lowest BCUT2D eigenvalue weighted by atomic mass is 9.77. The van der Waals surface area contributed by atoms with Gasteiger partial charge in [-0.15, -0.1) is 5.10 Å². The van der Waals surface area contributed by atoms with E-state index in [4.69, 9.17) is 4.74 Å². The van der Waals surface area contributed by atoms with Crippen LogP contribution in [0.15, 0.2) is 29.4 Å². The normalized spacial score (nSPS) is 23.2. The number of benzene rings is 1. The van der Waals surface area contributed by atoms with Crippen LogP contribution in [0.4, 0.5) is 4.79 Å². The van der Waals surface area contributed by atoms with Crippen LogP contribution in [-0.4, -0.2) is 61.5 Å². The van der Waals surface area contributed by atoms with Crippen LogP contribution < -0.4 is 15.5 Å². The predicted molar refractivity (Wildman–Crippen MR) is 110 cm³/mol. The number of ether oxygens (including phenoxy) is 1. The zero-order chi connectivity index (χ0) is 22.0. The summed E-state index contributed by atoms with van der Waals surface area (Å²) in [4.78, 5) is 37.7. The van der Waals surface area contributed by atoms with E-state index >= 15 is 0 Å². The van der Waals surface area contributed by atoms with Crippen LogP contribution >= 0.6 is 11.8 Å². The number of tetrazole rings is 1. The van der Waals surface area contributed by atoms with E-state index in [2.05, 4.69) is 33.2 Å². The lowest BCUT2D eigenvalue weighted by molar-refractivity contribution is -0.139. The molecule has 2 fully saturated rings. The first kappa shape index (κ1) is 21.1. The zero-order valence-electron chi connectivity index (χ0n) is 17.2. The molecule has 2 aromatic rings. The molecule has 1 aliphatic carbocycles. The topological polar surface area (TPSA) is 131 Å². The summed E-state index contributed by atoms with van der Waals surface area (Å²) in [6.45, 7) is 2.13. The highest BCUT2D eigenvalue weighted by Crippen LogP contribution is 2.35. The molecular formula is C19H23N7O4S.